The molecule has 0 bridgehead atoms. The van der Waals surface area contributed by atoms with Crippen LogP contribution in [0.5, 0.6) is 0 Å². The molecule has 6 heteroatoms. The largest absolute Gasteiger partial charge is 0.369 e. The zero-order valence-corrected chi connectivity index (χ0v) is 12.1. The third kappa shape index (κ3) is 4.27. The lowest BCUT2D eigenvalue weighted by Gasteiger charge is -2.21. The molecule has 6 nitrogen and oxygen atoms in total. The molecular formula is C15H22N4O2. The van der Waals surface area contributed by atoms with Crippen molar-refractivity contribution in [3.05, 3.63) is 35.4 Å². The molecule has 1 aliphatic rings. The number of nitrogens with zero attached hydrogens (tertiary/aromatic N) is 2. The molecule has 0 spiro atoms. The fourth-order valence-corrected chi connectivity index (χ4v) is 2.52. The summed E-state index contributed by atoms with van der Waals surface area (Å²) in [6.07, 6.45) is 0.847. The van der Waals surface area contributed by atoms with Crippen molar-refractivity contribution >= 4 is 11.8 Å². The van der Waals surface area contributed by atoms with E-state index in [4.69, 9.17) is 11.5 Å². The number of carbonyl (C=O) groups excluding carboxylic acids is 2. The number of benzene rings is 1. The Morgan fingerprint density at radius 3 is 2.38 bits per heavy atom. The summed E-state index contributed by atoms with van der Waals surface area (Å²) in [5.41, 5.74) is 12.5. The summed E-state index contributed by atoms with van der Waals surface area (Å²) in [6.45, 7) is 3.51. The average molecular weight is 290 g/mol. The van der Waals surface area contributed by atoms with Crippen molar-refractivity contribution in [2.75, 3.05) is 32.7 Å². The van der Waals surface area contributed by atoms with Gasteiger partial charge < -0.3 is 16.4 Å². The molecule has 1 saturated heterocycles. The molecule has 1 heterocycles. The Morgan fingerprint density at radius 2 is 1.76 bits per heavy atom. The van der Waals surface area contributed by atoms with E-state index in [0.717, 1.165) is 18.5 Å². The number of rotatable bonds is 4. The molecule has 21 heavy (non-hydrogen) atoms. The van der Waals surface area contributed by atoms with Gasteiger partial charge in [-0.2, -0.15) is 0 Å². The Hall–Kier alpha value is -1.92. The Labute approximate surface area is 124 Å². The maximum absolute atomic E-state index is 12.5. The molecule has 114 valence electrons. The second-order valence-electron chi connectivity index (χ2n) is 5.29. The maximum atomic E-state index is 12.5. The van der Waals surface area contributed by atoms with Crippen LogP contribution >= 0.6 is 0 Å². The molecule has 1 aromatic rings. The minimum Gasteiger partial charge on any atom is -0.369 e. The number of nitrogens with two attached hydrogens (primary N) is 2. The molecule has 2 amide bonds. The van der Waals surface area contributed by atoms with Crippen molar-refractivity contribution in [2.45, 2.75) is 13.0 Å². The molecule has 0 radical (unpaired) electrons. The molecular weight excluding hydrogens is 268 g/mol. The average Bonchev–Trinajstić information content (AvgIpc) is 2.71. The molecule has 1 fully saturated rings. The fraction of sp³-hybridized carbons (Fsp3) is 0.467. The van der Waals surface area contributed by atoms with E-state index in [0.29, 0.717) is 31.7 Å². The highest BCUT2D eigenvalue weighted by atomic mass is 16.2. The standard InChI is InChI=1S/C15H22N4O2/c16-10-12-2-4-13(5-3-12)15(21)19-7-1-6-18(8-9-19)11-14(17)20/h2-5H,1,6-11,16H2,(H2,17,20). The Morgan fingerprint density at radius 1 is 1.05 bits per heavy atom. The van der Waals surface area contributed by atoms with Gasteiger partial charge in [-0.1, -0.05) is 12.1 Å². The van der Waals surface area contributed by atoms with Crippen LogP contribution in [-0.4, -0.2) is 54.3 Å². The summed E-state index contributed by atoms with van der Waals surface area (Å²) in [4.78, 5) is 27.3. The van der Waals surface area contributed by atoms with Gasteiger partial charge in [0.2, 0.25) is 5.91 Å². The first-order chi connectivity index (χ1) is 10.1. The van der Waals surface area contributed by atoms with E-state index in [-0.39, 0.29) is 18.4 Å². The zero-order chi connectivity index (χ0) is 15.2. The molecule has 0 unspecified atom stereocenters. The van der Waals surface area contributed by atoms with Crippen LogP contribution in [0.1, 0.15) is 22.3 Å². The maximum Gasteiger partial charge on any atom is 0.253 e. The van der Waals surface area contributed by atoms with Gasteiger partial charge in [0.1, 0.15) is 0 Å². The summed E-state index contributed by atoms with van der Waals surface area (Å²) < 4.78 is 0. The van der Waals surface area contributed by atoms with E-state index < -0.39 is 0 Å². The van der Waals surface area contributed by atoms with Crippen LogP contribution in [0.4, 0.5) is 0 Å². The molecule has 4 N–H and O–H groups in total. The highest BCUT2D eigenvalue weighted by molar-refractivity contribution is 5.94. The first kappa shape index (κ1) is 15.5. The molecule has 0 aliphatic carbocycles. The van der Waals surface area contributed by atoms with Crippen LogP contribution in [0.2, 0.25) is 0 Å². The van der Waals surface area contributed by atoms with Crippen molar-refractivity contribution in [3.63, 3.8) is 0 Å². The summed E-state index contributed by atoms with van der Waals surface area (Å²) >= 11 is 0. The second-order valence-corrected chi connectivity index (χ2v) is 5.29. The SMILES string of the molecule is NCc1ccc(C(=O)N2CCCN(CC(N)=O)CC2)cc1. The predicted molar refractivity (Wildman–Crippen MR) is 80.5 cm³/mol. The van der Waals surface area contributed by atoms with E-state index in [2.05, 4.69) is 0 Å². The van der Waals surface area contributed by atoms with Gasteiger partial charge in [-0.25, -0.2) is 0 Å². The smallest absolute Gasteiger partial charge is 0.253 e. The van der Waals surface area contributed by atoms with E-state index in [9.17, 15) is 9.59 Å². The minimum atomic E-state index is -0.327. The molecule has 1 aromatic carbocycles. The van der Waals surface area contributed by atoms with Crippen molar-refractivity contribution in [2.24, 2.45) is 11.5 Å². The van der Waals surface area contributed by atoms with Crippen LogP contribution in [0, 0.1) is 0 Å². The first-order valence-corrected chi connectivity index (χ1v) is 7.19. The van der Waals surface area contributed by atoms with E-state index in [1.807, 2.05) is 34.1 Å². The topological polar surface area (TPSA) is 92.7 Å². The van der Waals surface area contributed by atoms with E-state index >= 15 is 0 Å². The summed E-state index contributed by atoms with van der Waals surface area (Å²) in [5.74, 6) is -0.299. The Balaban J connectivity index is 1.97. The zero-order valence-electron chi connectivity index (χ0n) is 12.1. The quantitative estimate of drug-likeness (QED) is 0.801. The van der Waals surface area contributed by atoms with Gasteiger partial charge in [0.25, 0.3) is 5.91 Å². The Bertz CT molecular complexity index is 501. The lowest BCUT2D eigenvalue weighted by atomic mass is 10.1. The molecule has 0 saturated carbocycles. The van der Waals surface area contributed by atoms with Gasteiger partial charge in [-0.3, -0.25) is 14.5 Å². The van der Waals surface area contributed by atoms with Crippen molar-refractivity contribution in [1.82, 2.24) is 9.80 Å². The van der Waals surface area contributed by atoms with Gasteiger partial charge in [0, 0.05) is 38.3 Å². The fourth-order valence-electron chi connectivity index (χ4n) is 2.52. The van der Waals surface area contributed by atoms with Crippen molar-refractivity contribution in [3.8, 4) is 0 Å². The highest BCUT2D eigenvalue weighted by Gasteiger charge is 2.20. The summed E-state index contributed by atoms with van der Waals surface area (Å²) in [6, 6.07) is 7.39. The van der Waals surface area contributed by atoms with Gasteiger partial charge in [-0.05, 0) is 24.1 Å². The number of amides is 2. The number of primary amides is 1. The predicted octanol–water partition coefficient (Wildman–Crippen LogP) is -0.221. The van der Waals surface area contributed by atoms with E-state index in [1.54, 1.807) is 0 Å². The third-order valence-electron chi connectivity index (χ3n) is 3.69. The van der Waals surface area contributed by atoms with E-state index in [1.165, 1.54) is 0 Å². The normalized spacial score (nSPS) is 16.5. The van der Waals surface area contributed by atoms with Crippen LogP contribution in [0.3, 0.4) is 0 Å². The van der Waals surface area contributed by atoms with Crippen LogP contribution in [0.15, 0.2) is 24.3 Å². The second kappa shape index (κ2) is 7.19. The van der Waals surface area contributed by atoms with Crippen molar-refractivity contribution in [1.29, 1.82) is 0 Å². The lowest BCUT2D eigenvalue weighted by Crippen LogP contribution is -2.38. The third-order valence-corrected chi connectivity index (χ3v) is 3.69. The molecule has 0 atom stereocenters. The number of hydrogen-bond donors (Lipinski definition) is 2. The van der Waals surface area contributed by atoms with Crippen LogP contribution in [0.25, 0.3) is 0 Å². The first-order valence-electron chi connectivity index (χ1n) is 7.19. The van der Waals surface area contributed by atoms with Crippen LogP contribution < -0.4 is 11.5 Å². The summed E-state index contributed by atoms with van der Waals surface area (Å²) in [5, 5.41) is 0. The monoisotopic (exact) mass is 290 g/mol. The number of hydrogen-bond acceptors (Lipinski definition) is 4. The molecule has 2 rings (SSSR count). The molecule has 0 aromatic heterocycles. The lowest BCUT2D eigenvalue weighted by molar-refractivity contribution is -0.119. The highest BCUT2D eigenvalue weighted by Crippen LogP contribution is 2.10. The van der Waals surface area contributed by atoms with Crippen LogP contribution in [-0.2, 0) is 11.3 Å². The summed E-state index contributed by atoms with van der Waals surface area (Å²) in [7, 11) is 0. The van der Waals surface area contributed by atoms with Gasteiger partial charge >= 0.3 is 0 Å². The molecule has 1 aliphatic heterocycles. The Kier molecular flexibility index (Phi) is 5.30. The van der Waals surface area contributed by atoms with Crippen molar-refractivity contribution < 1.29 is 9.59 Å². The van der Waals surface area contributed by atoms with Gasteiger partial charge in [0.05, 0.1) is 6.54 Å². The van der Waals surface area contributed by atoms with Gasteiger partial charge in [0.15, 0.2) is 0 Å². The number of carbonyl (C=O) groups is 2. The minimum absolute atomic E-state index is 0.0273. The van der Waals surface area contributed by atoms with Gasteiger partial charge in [-0.15, -0.1) is 0 Å².